The molecule has 6 heteroatoms. The fraction of sp³-hybridized carbons (Fsp3) is 0.0526. The Morgan fingerprint density at radius 3 is 2.44 bits per heavy atom. The molecule has 3 aromatic carbocycles. The molecule has 126 valence electrons. The van der Waals surface area contributed by atoms with Crippen molar-refractivity contribution in [2.75, 3.05) is 5.32 Å². The number of hydrogen-bond acceptors (Lipinski definition) is 3. The Hall–Kier alpha value is -3.12. The second-order valence-corrected chi connectivity index (χ2v) is 5.70. The summed E-state index contributed by atoms with van der Waals surface area (Å²) in [6.07, 6.45) is -0.606. The fourth-order valence-electron chi connectivity index (χ4n) is 2.35. The van der Waals surface area contributed by atoms with Gasteiger partial charge in [-0.15, -0.1) is 0 Å². The Bertz CT molecular complexity index is 879. The van der Waals surface area contributed by atoms with E-state index in [0.29, 0.717) is 0 Å². The predicted octanol–water partition coefficient (Wildman–Crippen LogP) is 3.97. The van der Waals surface area contributed by atoms with Crippen LogP contribution in [0.15, 0.2) is 72.8 Å². The highest BCUT2D eigenvalue weighted by Crippen LogP contribution is 2.22. The van der Waals surface area contributed by atoms with Crippen molar-refractivity contribution in [3.63, 3.8) is 0 Å². The quantitative estimate of drug-likeness (QED) is 0.492. The van der Waals surface area contributed by atoms with Gasteiger partial charge in [0.2, 0.25) is 0 Å². The van der Waals surface area contributed by atoms with Crippen LogP contribution in [0.25, 0.3) is 10.8 Å². The molecule has 0 atom stereocenters. The Morgan fingerprint density at radius 1 is 0.880 bits per heavy atom. The second-order valence-electron chi connectivity index (χ2n) is 5.29. The highest BCUT2D eigenvalue weighted by molar-refractivity contribution is 7.80. The Kier molecular flexibility index (Phi) is 5.43. The van der Waals surface area contributed by atoms with Crippen molar-refractivity contribution in [2.45, 2.75) is 6.61 Å². The summed E-state index contributed by atoms with van der Waals surface area (Å²) in [5.74, 6) is 0. The molecule has 0 saturated carbocycles. The molecule has 0 aliphatic rings. The van der Waals surface area contributed by atoms with Crippen molar-refractivity contribution in [3.8, 4) is 0 Å². The topological polar surface area (TPSA) is 62.4 Å². The number of rotatable bonds is 3. The van der Waals surface area contributed by atoms with Crippen molar-refractivity contribution in [1.82, 2.24) is 10.9 Å². The molecule has 0 aliphatic heterocycles. The predicted molar refractivity (Wildman–Crippen MR) is 103 cm³/mol. The molecular weight excluding hydrogens is 334 g/mol. The highest BCUT2D eigenvalue weighted by atomic mass is 32.1. The van der Waals surface area contributed by atoms with Crippen LogP contribution in [0.3, 0.4) is 0 Å². The average Bonchev–Trinajstić information content (AvgIpc) is 2.66. The molecule has 0 radical (unpaired) electrons. The fourth-order valence-corrected chi connectivity index (χ4v) is 2.52. The van der Waals surface area contributed by atoms with Gasteiger partial charge < -0.3 is 10.1 Å². The summed E-state index contributed by atoms with van der Waals surface area (Å²) >= 11 is 5.20. The van der Waals surface area contributed by atoms with E-state index in [0.717, 1.165) is 22.0 Å². The lowest BCUT2D eigenvalue weighted by atomic mass is 10.1. The SMILES string of the molecule is O=C(NNC(=S)Nc1cccc2ccccc12)OCc1ccccc1. The molecule has 0 unspecified atom stereocenters. The molecule has 5 nitrogen and oxygen atoms in total. The normalized spacial score (nSPS) is 10.1. The minimum Gasteiger partial charge on any atom is -0.443 e. The zero-order valence-corrected chi connectivity index (χ0v) is 14.2. The number of ether oxygens (including phenoxy) is 1. The standard InChI is InChI=1S/C19H17N3O2S/c23-19(24-13-14-7-2-1-3-8-14)22-21-18(25)20-17-12-6-10-15-9-4-5-11-16(15)17/h1-12H,13H2,(H,22,23)(H2,20,21,25). The average molecular weight is 351 g/mol. The first-order chi connectivity index (χ1) is 12.2. The molecule has 0 aliphatic carbocycles. The number of fused-ring (bicyclic) bond motifs is 1. The van der Waals surface area contributed by atoms with Crippen molar-refractivity contribution < 1.29 is 9.53 Å². The highest BCUT2D eigenvalue weighted by Gasteiger charge is 2.05. The van der Waals surface area contributed by atoms with Gasteiger partial charge in [-0.05, 0) is 29.2 Å². The summed E-state index contributed by atoms with van der Waals surface area (Å²) in [4.78, 5) is 11.7. The molecule has 25 heavy (non-hydrogen) atoms. The summed E-state index contributed by atoms with van der Waals surface area (Å²) in [7, 11) is 0. The third-order valence-corrected chi connectivity index (χ3v) is 3.73. The molecule has 3 aromatic rings. The summed E-state index contributed by atoms with van der Waals surface area (Å²) in [5, 5.41) is 5.48. The van der Waals surface area contributed by atoms with Crippen LogP contribution in [0.4, 0.5) is 10.5 Å². The van der Waals surface area contributed by atoms with Crippen molar-refractivity contribution in [1.29, 1.82) is 0 Å². The van der Waals surface area contributed by atoms with Gasteiger partial charge in [0.1, 0.15) is 6.61 Å². The number of benzene rings is 3. The molecule has 0 saturated heterocycles. The van der Waals surface area contributed by atoms with E-state index in [4.69, 9.17) is 17.0 Å². The van der Waals surface area contributed by atoms with Gasteiger partial charge in [-0.25, -0.2) is 10.2 Å². The van der Waals surface area contributed by atoms with Crippen LogP contribution in [-0.2, 0) is 11.3 Å². The minimum atomic E-state index is -0.606. The summed E-state index contributed by atoms with van der Waals surface area (Å²) in [5.41, 5.74) is 6.80. The van der Waals surface area contributed by atoms with Crippen LogP contribution in [0.1, 0.15) is 5.56 Å². The summed E-state index contributed by atoms with van der Waals surface area (Å²) < 4.78 is 5.10. The summed E-state index contributed by atoms with van der Waals surface area (Å²) in [6.45, 7) is 0.192. The number of amides is 1. The number of carbonyl (C=O) groups excluding carboxylic acids is 1. The molecule has 0 fully saturated rings. The van der Waals surface area contributed by atoms with Crippen LogP contribution in [0.2, 0.25) is 0 Å². The second kappa shape index (κ2) is 8.12. The molecule has 3 rings (SSSR count). The first-order valence-electron chi connectivity index (χ1n) is 7.74. The van der Waals surface area contributed by atoms with Gasteiger partial charge in [0.25, 0.3) is 0 Å². The lowest BCUT2D eigenvalue weighted by Gasteiger charge is -2.13. The van der Waals surface area contributed by atoms with Crippen LogP contribution < -0.4 is 16.2 Å². The van der Waals surface area contributed by atoms with Gasteiger partial charge in [-0.3, -0.25) is 5.43 Å². The van der Waals surface area contributed by atoms with E-state index < -0.39 is 6.09 Å². The monoisotopic (exact) mass is 351 g/mol. The largest absolute Gasteiger partial charge is 0.443 e. The summed E-state index contributed by atoms with van der Waals surface area (Å²) in [6, 6.07) is 23.3. The lowest BCUT2D eigenvalue weighted by molar-refractivity contribution is 0.137. The van der Waals surface area contributed by atoms with E-state index in [-0.39, 0.29) is 11.7 Å². The van der Waals surface area contributed by atoms with Crippen LogP contribution >= 0.6 is 12.2 Å². The number of nitrogens with one attached hydrogen (secondary N) is 3. The van der Waals surface area contributed by atoms with Crippen LogP contribution in [-0.4, -0.2) is 11.2 Å². The number of carbonyl (C=O) groups is 1. The Balaban J connectivity index is 1.50. The lowest BCUT2D eigenvalue weighted by Crippen LogP contribution is -2.43. The molecular formula is C19H17N3O2S. The minimum absolute atomic E-state index is 0.192. The number of anilines is 1. The van der Waals surface area contributed by atoms with Gasteiger partial charge >= 0.3 is 6.09 Å². The molecule has 0 bridgehead atoms. The first kappa shape index (κ1) is 16.7. The van der Waals surface area contributed by atoms with Gasteiger partial charge in [0.05, 0.1) is 0 Å². The molecule has 0 aromatic heterocycles. The van der Waals surface area contributed by atoms with Crippen molar-refractivity contribution in [2.24, 2.45) is 0 Å². The maximum atomic E-state index is 11.7. The number of hydrazine groups is 1. The van der Waals surface area contributed by atoms with Crippen molar-refractivity contribution >= 4 is 39.9 Å². The van der Waals surface area contributed by atoms with E-state index in [1.165, 1.54) is 0 Å². The van der Waals surface area contributed by atoms with E-state index in [1.807, 2.05) is 72.8 Å². The van der Waals surface area contributed by atoms with Gasteiger partial charge in [-0.2, -0.15) is 0 Å². The number of thiocarbonyl (C=S) groups is 1. The zero-order valence-electron chi connectivity index (χ0n) is 13.4. The third kappa shape index (κ3) is 4.68. The van der Waals surface area contributed by atoms with E-state index in [2.05, 4.69) is 16.2 Å². The van der Waals surface area contributed by atoms with Gasteiger partial charge in [0.15, 0.2) is 5.11 Å². The maximum absolute atomic E-state index is 11.7. The van der Waals surface area contributed by atoms with E-state index >= 15 is 0 Å². The van der Waals surface area contributed by atoms with Crippen molar-refractivity contribution in [3.05, 3.63) is 78.4 Å². The molecule has 1 amide bonds. The number of hydrogen-bond donors (Lipinski definition) is 3. The third-order valence-electron chi connectivity index (χ3n) is 3.53. The van der Waals surface area contributed by atoms with Crippen LogP contribution in [0.5, 0.6) is 0 Å². The van der Waals surface area contributed by atoms with E-state index in [9.17, 15) is 4.79 Å². The zero-order chi connectivity index (χ0) is 17.5. The van der Waals surface area contributed by atoms with Gasteiger partial charge in [0, 0.05) is 11.1 Å². The first-order valence-corrected chi connectivity index (χ1v) is 8.14. The molecule has 3 N–H and O–H groups in total. The Labute approximate surface area is 151 Å². The maximum Gasteiger partial charge on any atom is 0.426 e. The Morgan fingerprint density at radius 2 is 1.60 bits per heavy atom. The van der Waals surface area contributed by atoms with Gasteiger partial charge in [-0.1, -0.05) is 66.7 Å². The van der Waals surface area contributed by atoms with E-state index in [1.54, 1.807) is 0 Å². The smallest absolute Gasteiger partial charge is 0.426 e. The molecule has 0 heterocycles. The van der Waals surface area contributed by atoms with Crippen LogP contribution in [0, 0.1) is 0 Å². The molecule has 0 spiro atoms.